The molecule has 0 aromatic heterocycles. The lowest BCUT2D eigenvalue weighted by atomic mass is 10.3. The summed E-state index contributed by atoms with van der Waals surface area (Å²) in [4.78, 5) is 44.5. The van der Waals surface area contributed by atoms with E-state index in [2.05, 4.69) is 4.74 Å². The van der Waals surface area contributed by atoms with Crippen LogP contribution in [0.1, 0.15) is 26.7 Å². The second-order valence-electron chi connectivity index (χ2n) is 5.14. The predicted molar refractivity (Wildman–Crippen MR) is 107 cm³/mol. The number of benzene rings is 1. The molecule has 0 amide bonds. The van der Waals surface area contributed by atoms with Gasteiger partial charge in [0.05, 0.1) is 32.0 Å². The molecule has 0 aliphatic rings. The molecule has 0 unspecified atom stereocenters. The average Bonchev–Trinajstić information content (AvgIpc) is 2.67. The molecule has 1 aromatic carbocycles. The van der Waals surface area contributed by atoms with E-state index in [9.17, 15) is 19.2 Å². The third kappa shape index (κ3) is 13.2. The van der Waals surface area contributed by atoms with E-state index in [1.165, 1.54) is 11.8 Å². The Kier molecular flexibility index (Phi) is 14.8. The monoisotopic (exact) mass is 432 g/mol. The highest BCUT2D eigenvalue weighted by atomic mass is 35.5. The molecule has 156 valence electrons. The van der Waals surface area contributed by atoms with Gasteiger partial charge in [0.15, 0.2) is 11.6 Å². The Morgan fingerprint density at radius 1 is 0.964 bits per heavy atom. The van der Waals surface area contributed by atoms with Crippen molar-refractivity contribution in [2.75, 3.05) is 32.0 Å². The van der Waals surface area contributed by atoms with Gasteiger partial charge in [0.1, 0.15) is 18.6 Å². The van der Waals surface area contributed by atoms with Crippen LogP contribution < -0.4 is 4.74 Å². The van der Waals surface area contributed by atoms with Crippen LogP contribution in [0.15, 0.2) is 29.2 Å². The summed E-state index contributed by atoms with van der Waals surface area (Å²) in [6.45, 7) is 4.00. The van der Waals surface area contributed by atoms with Crippen LogP contribution >= 0.6 is 23.4 Å². The molecule has 1 rings (SSSR count). The molecule has 0 radical (unpaired) electrons. The summed E-state index contributed by atoms with van der Waals surface area (Å²) < 4.78 is 14.3. The van der Waals surface area contributed by atoms with Gasteiger partial charge < -0.3 is 14.2 Å². The summed E-state index contributed by atoms with van der Waals surface area (Å²) >= 11 is 6.52. The summed E-state index contributed by atoms with van der Waals surface area (Å²) in [6.07, 6.45) is -0.373. The van der Waals surface area contributed by atoms with Gasteiger partial charge >= 0.3 is 11.9 Å². The van der Waals surface area contributed by atoms with Crippen molar-refractivity contribution in [2.45, 2.75) is 31.6 Å². The minimum absolute atomic E-state index is 0.126. The maximum Gasteiger partial charge on any atom is 0.313 e. The first kappa shape index (κ1) is 25.9. The van der Waals surface area contributed by atoms with Crippen LogP contribution in [0.5, 0.6) is 5.75 Å². The van der Waals surface area contributed by atoms with Gasteiger partial charge in [0.25, 0.3) is 0 Å². The third-order valence-corrected chi connectivity index (χ3v) is 4.24. The lowest BCUT2D eigenvalue weighted by Gasteiger charge is -2.04. The van der Waals surface area contributed by atoms with Crippen molar-refractivity contribution in [1.82, 2.24) is 0 Å². The van der Waals surface area contributed by atoms with Gasteiger partial charge in [-0.05, 0) is 32.0 Å². The zero-order valence-electron chi connectivity index (χ0n) is 16.2. The smallest absolute Gasteiger partial charge is 0.313 e. The number of Topliss-reactive ketones (excluding diaryl/α,β-unsaturated/α-hetero) is 2. The first-order valence-corrected chi connectivity index (χ1v) is 10.1. The van der Waals surface area contributed by atoms with E-state index < -0.39 is 11.9 Å². The molecule has 0 heterocycles. The van der Waals surface area contributed by atoms with Crippen molar-refractivity contribution in [2.24, 2.45) is 0 Å². The molecular formula is C19H25ClO7S. The highest BCUT2D eigenvalue weighted by Crippen LogP contribution is 2.22. The number of thioether (sulfide) groups is 1. The second-order valence-corrected chi connectivity index (χ2v) is 6.46. The van der Waals surface area contributed by atoms with Crippen LogP contribution in [0.25, 0.3) is 0 Å². The van der Waals surface area contributed by atoms with Crippen molar-refractivity contribution < 1.29 is 33.4 Å². The Hall–Kier alpha value is -2.06. The van der Waals surface area contributed by atoms with Gasteiger partial charge in [-0.2, -0.15) is 0 Å². The van der Waals surface area contributed by atoms with E-state index in [-0.39, 0.29) is 36.0 Å². The fraction of sp³-hybridized carbons (Fsp3) is 0.474. The van der Waals surface area contributed by atoms with Gasteiger partial charge in [-0.1, -0.05) is 6.07 Å². The molecule has 1 aromatic rings. The summed E-state index contributed by atoms with van der Waals surface area (Å²) in [7, 11) is 1.59. The van der Waals surface area contributed by atoms with E-state index in [1.54, 1.807) is 21.0 Å². The first-order chi connectivity index (χ1) is 13.4. The number of hydrogen-bond acceptors (Lipinski definition) is 8. The Morgan fingerprint density at radius 2 is 1.54 bits per heavy atom. The zero-order valence-corrected chi connectivity index (χ0v) is 17.8. The summed E-state index contributed by atoms with van der Waals surface area (Å²) in [6, 6.07) is 7.44. The molecule has 0 aliphatic carbocycles. The molecule has 7 nitrogen and oxygen atoms in total. The fourth-order valence-corrected chi connectivity index (χ4v) is 2.60. The Labute approximate surface area is 174 Å². The molecule has 0 saturated heterocycles. The number of rotatable bonds is 11. The molecule has 28 heavy (non-hydrogen) atoms. The van der Waals surface area contributed by atoms with E-state index in [0.717, 1.165) is 10.6 Å². The number of hydrogen-bond donors (Lipinski definition) is 0. The van der Waals surface area contributed by atoms with Crippen LogP contribution in [0.2, 0.25) is 0 Å². The highest BCUT2D eigenvalue weighted by Gasteiger charge is 2.11. The van der Waals surface area contributed by atoms with Crippen LogP contribution in [-0.4, -0.2) is 55.5 Å². The molecular weight excluding hydrogens is 408 g/mol. The van der Waals surface area contributed by atoms with Crippen molar-refractivity contribution in [3.8, 4) is 5.75 Å². The predicted octanol–water partition coefficient (Wildman–Crippen LogP) is 3.06. The number of carbonyl (C=O) groups excluding carboxylic acids is 4. The van der Waals surface area contributed by atoms with Gasteiger partial charge in [-0.3, -0.25) is 19.2 Å². The molecule has 0 aliphatic heterocycles. The summed E-state index contributed by atoms with van der Waals surface area (Å²) in [5.41, 5.74) is 0. The quantitative estimate of drug-likeness (QED) is 0.228. The minimum Gasteiger partial charge on any atom is -0.497 e. The second kappa shape index (κ2) is 15.9. The van der Waals surface area contributed by atoms with Crippen LogP contribution in [0.3, 0.4) is 0 Å². The Bertz CT molecular complexity index is 649. The van der Waals surface area contributed by atoms with Gasteiger partial charge in [0.2, 0.25) is 0 Å². The Morgan fingerprint density at radius 3 is 2.04 bits per heavy atom. The number of halogens is 1. The lowest BCUT2D eigenvalue weighted by Crippen LogP contribution is -2.12. The number of ether oxygens (including phenoxy) is 3. The molecule has 0 spiro atoms. The molecule has 0 bridgehead atoms. The number of carbonyl (C=O) groups is 4. The summed E-state index contributed by atoms with van der Waals surface area (Å²) in [5.74, 6) is -0.536. The van der Waals surface area contributed by atoms with Crippen LogP contribution in [0.4, 0.5) is 0 Å². The van der Waals surface area contributed by atoms with E-state index in [0.29, 0.717) is 13.2 Å². The minimum atomic E-state index is -0.506. The largest absolute Gasteiger partial charge is 0.497 e. The number of esters is 2. The van der Waals surface area contributed by atoms with E-state index in [1.807, 2.05) is 24.3 Å². The van der Waals surface area contributed by atoms with Crippen molar-refractivity contribution in [3.63, 3.8) is 0 Å². The topological polar surface area (TPSA) is 96.0 Å². The van der Waals surface area contributed by atoms with E-state index >= 15 is 0 Å². The third-order valence-electron chi connectivity index (χ3n) is 2.88. The lowest BCUT2D eigenvalue weighted by molar-refractivity contribution is -0.146. The standard InChI is InChI=1S/C13H16O4S.C6H9ClO3/c1-3-17-13(15)7-10(14)9-18-12-6-4-5-11(8-12)16-2;1-2-10-6(9)3-5(8)4-7/h4-6,8H,3,7,9H2,1-2H3;2-4H2,1H3. The molecule has 0 atom stereocenters. The van der Waals surface area contributed by atoms with Crippen molar-refractivity contribution >= 4 is 46.9 Å². The summed E-state index contributed by atoms with van der Waals surface area (Å²) in [5, 5.41) is 0. The fourth-order valence-electron chi connectivity index (χ4n) is 1.70. The molecule has 0 N–H and O–H groups in total. The number of ketones is 2. The van der Waals surface area contributed by atoms with Crippen molar-refractivity contribution in [3.05, 3.63) is 24.3 Å². The van der Waals surface area contributed by atoms with Crippen LogP contribution in [-0.2, 0) is 28.7 Å². The first-order valence-electron chi connectivity index (χ1n) is 8.53. The van der Waals surface area contributed by atoms with Gasteiger partial charge in [-0.15, -0.1) is 23.4 Å². The SMILES string of the molecule is CCOC(=O)CC(=O)CCl.CCOC(=O)CC(=O)CSc1cccc(OC)c1. The van der Waals surface area contributed by atoms with Gasteiger partial charge in [-0.25, -0.2) is 0 Å². The van der Waals surface area contributed by atoms with E-state index in [4.69, 9.17) is 21.1 Å². The number of methoxy groups -OCH3 is 1. The maximum atomic E-state index is 11.5. The van der Waals surface area contributed by atoms with Crippen molar-refractivity contribution in [1.29, 1.82) is 0 Å². The molecule has 9 heteroatoms. The zero-order chi connectivity index (χ0) is 21.4. The molecule has 0 fully saturated rings. The van der Waals surface area contributed by atoms with Gasteiger partial charge in [0, 0.05) is 4.90 Å². The average molecular weight is 433 g/mol. The highest BCUT2D eigenvalue weighted by molar-refractivity contribution is 8.00. The number of alkyl halides is 1. The Balaban J connectivity index is 0.000000621. The maximum absolute atomic E-state index is 11.5. The van der Waals surface area contributed by atoms with Crippen LogP contribution in [0, 0.1) is 0 Å². The molecule has 0 saturated carbocycles. The normalized spacial score (nSPS) is 9.57.